The van der Waals surface area contributed by atoms with Gasteiger partial charge in [0.05, 0.1) is 24.1 Å². The summed E-state index contributed by atoms with van der Waals surface area (Å²) in [5, 5.41) is 25.4. The summed E-state index contributed by atoms with van der Waals surface area (Å²) in [6.45, 7) is 9.39. The molecule has 10 nitrogen and oxygen atoms in total. The summed E-state index contributed by atoms with van der Waals surface area (Å²) in [5.41, 5.74) is 4.20. The Hall–Kier alpha value is -4.28. The maximum Gasteiger partial charge on any atom is 0.235 e. The number of fused-ring (bicyclic) bond motifs is 2. The second-order valence-corrected chi connectivity index (χ2v) is 10.4. The topological polar surface area (TPSA) is 113 Å². The number of carbonyl (C=O) groups excluding carboxylic acids is 1. The number of piperazine rings is 1. The van der Waals surface area contributed by atoms with E-state index in [0.717, 1.165) is 72.2 Å². The van der Waals surface area contributed by atoms with Gasteiger partial charge in [-0.2, -0.15) is 0 Å². The first-order valence-electron chi connectivity index (χ1n) is 13.3. The lowest BCUT2D eigenvalue weighted by molar-refractivity contribution is 0.101. The van der Waals surface area contributed by atoms with Crippen LogP contribution in [0.25, 0.3) is 28.2 Å². The van der Waals surface area contributed by atoms with Crippen LogP contribution in [-0.4, -0.2) is 82.4 Å². The largest absolute Gasteiger partial charge is 0.508 e. The van der Waals surface area contributed by atoms with E-state index in [-0.39, 0.29) is 28.6 Å². The van der Waals surface area contributed by atoms with E-state index in [1.54, 1.807) is 13.2 Å². The molecular formula is C30H32N4O6. The highest BCUT2D eigenvalue weighted by molar-refractivity contribution is 6.17. The molecule has 0 spiro atoms. The molecule has 2 aromatic heterocycles. The molecule has 2 N–H and O–H groups in total. The van der Waals surface area contributed by atoms with Crippen molar-refractivity contribution in [3.05, 3.63) is 58.7 Å². The number of phenolic OH excluding ortho intramolecular Hbond substituents is 2. The molecule has 1 fully saturated rings. The van der Waals surface area contributed by atoms with Crippen LogP contribution < -0.4 is 9.47 Å². The number of Topliss-reactive ketones (excluding diaryl/α,β-unsaturated/α-hetero) is 1. The molecule has 0 aliphatic carbocycles. The van der Waals surface area contributed by atoms with Gasteiger partial charge in [0.25, 0.3) is 0 Å². The van der Waals surface area contributed by atoms with Crippen LogP contribution in [0.1, 0.15) is 27.4 Å². The minimum absolute atomic E-state index is 0.0272. The maximum absolute atomic E-state index is 13.4. The van der Waals surface area contributed by atoms with Crippen LogP contribution >= 0.6 is 0 Å². The molecule has 0 atom stereocenters. The van der Waals surface area contributed by atoms with Crippen molar-refractivity contribution in [1.82, 2.24) is 19.5 Å². The van der Waals surface area contributed by atoms with Crippen molar-refractivity contribution in [3.63, 3.8) is 0 Å². The first-order valence-corrected chi connectivity index (χ1v) is 13.3. The summed E-state index contributed by atoms with van der Waals surface area (Å²) >= 11 is 0. The van der Waals surface area contributed by atoms with Crippen LogP contribution in [0.5, 0.6) is 23.0 Å². The Bertz CT molecular complexity index is 1640. The Morgan fingerprint density at radius 2 is 1.82 bits per heavy atom. The van der Waals surface area contributed by atoms with E-state index in [0.29, 0.717) is 18.1 Å². The normalized spacial score (nSPS) is 17.1. The molecule has 208 valence electrons. The van der Waals surface area contributed by atoms with Crippen molar-refractivity contribution in [3.8, 4) is 34.3 Å². The van der Waals surface area contributed by atoms with E-state index in [9.17, 15) is 15.0 Å². The van der Waals surface area contributed by atoms with Crippen molar-refractivity contribution in [2.75, 3.05) is 46.9 Å². The SMILES string of the molecule is COc1ccc2c(c1)c(/C=C1\Oc3cc(O)cc(O)c3C1=O)c(-c1c(C)noc1C)n2CCN1CCN(C)CC1. The lowest BCUT2D eigenvalue weighted by atomic mass is 10.0. The Morgan fingerprint density at radius 1 is 1.05 bits per heavy atom. The van der Waals surface area contributed by atoms with Gasteiger partial charge in [0, 0.05) is 67.9 Å². The van der Waals surface area contributed by atoms with E-state index in [4.69, 9.17) is 14.0 Å². The zero-order valence-corrected chi connectivity index (χ0v) is 23.0. The molecular weight excluding hydrogens is 512 g/mol. The van der Waals surface area contributed by atoms with E-state index in [2.05, 4.69) is 26.6 Å². The number of ketones is 1. The number of methoxy groups -OCH3 is 1. The Labute approximate surface area is 231 Å². The molecule has 10 heteroatoms. The average Bonchev–Trinajstić information content (AvgIpc) is 3.53. The number of aromatic nitrogens is 2. The van der Waals surface area contributed by atoms with Gasteiger partial charge in [-0.05, 0) is 45.2 Å². The molecule has 1 saturated heterocycles. The second kappa shape index (κ2) is 10.0. The van der Waals surface area contributed by atoms with Crippen LogP contribution in [-0.2, 0) is 6.54 Å². The quantitative estimate of drug-likeness (QED) is 0.345. The highest BCUT2D eigenvalue weighted by Gasteiger charge is 2.33. The minimum Gasteiger partial charge on any atom is -0.508 e. The van der Waals surface area contributed by atoms with Crippen molar-refractivity contribution < 1.29 is 29.0 Å². The van der Waals surface area contributed by atoms with Crippen molar-refractivity contribution in [2.45, 2.75) is 20.4 Å². The number of benzene rings is 2. The maximum atomic E-state index is 13.4. The van der Waals surface area contributed by atoms with Crippen LogP contribution in [0, 0.1) is 13.8 Å². The van der Waals surface area contributed by atoms with Gasteiger partial charge in [0.15, 0.2) is 5.76 Å². The summed E-state index contributed by atoms with van der Waals surface area (Å²) in [4.78, 5) is 18.2. The number of likely N-dealkylation sites (N-methyl/N-ethyl adjacent to an activating group) is 1. The number of nitrogens with zero attached hydrogens (tertiary/aromatic N) is 4. The Morgan fingerprint density at radius 3 is 2.52 bits per heavy atom. The Kier molecular flexibility index (Phi) is 6.52. The number of rotatable bonds is 6. The Balaban J connectivity index is 1.54. The van der Waals surface area contributed by atoms with Gasteiger partial charge in [0.1, 0.15) is 34.3 Å². The molecule has 2 aromatic carbocycles. The molecule has 4 aromatic rings. The molecule has 4 heterocycles. The van der Waals surface area contributed by atoms with Crippen molar-refractivity contribution >= 4 is 22.8 Å². The lowest BCUT2D eigenvalue weighted by Crippen LogP contribution is -2.45. The van der Waals surface area contributed by atoms with Crippen molar-refractivity contribution in [1.29, 1.82) is 0 Å². The van der Waals surface area contributed by atoms with Gasteiger partial charge in [0.2, 0.25) is 5.78 Å². The third-order valence-electron chi connectivity index (χ3n) is 7.83. The predicted octanol–water partition coefficient (Wildman–Crippen LogP) is 4.20. The van der Waals surface area contributed by atoms with E-state index in [1.807, 2.05) is 32.0 Å². The van der Waals surface area contributed by atoms with E-state index < -0.39 is 5.78 Å². The summed E-state index contributed by atoms with van der Waals surface area (Å²) < 4.78 is 19.3. The number of allylic oxidation sites excluding steroid dienone is 1. The fourth-order valence-electron chi connectivity index (χ4n) is 5.68. The smallest absolute Gasteiger partial charge is 0.235 e. The molecule has 0 bridgehead atoms. The van der Waals surface area contributed by atoms with Crippen LogP contribution in [0.3, 0.4) is 0 Å². The predicted molar refractivity (Wildman–Crippen MR) is 150 cm³/mol. The number of phenols is 2. The summed E-state index contributed by atoms with van der Waals surface area (Å²) in [7, 11) is 3.76. The number of hydrogen-bond acceptors (Lipinski definition) is 9. The second-order valence-electron chi connectivity index (χ2n) is 10.4. The van der Waals surface area contributed by atoms with Crippen molar-refractivity contribution in [2.24, 2.45) is 0 Å². The summed E-state index contributed by atoms with van der Waals surface area (Å²) in [5.74, 6) is 0.528. The molecule has 40 heavy (non-hydrogen) atoms. The van der Waals surface area contributed by atoms with Gasteiger partial charge in [-0.3, -0.25) is 9.69 Å². The zero-order chi connectivity index (χ0) is 28.1. The number of aromatic hydroxyl groups is 2. The van der Waals surface area contributed by atoms with Crippen LogP contribution in [0.15, 0.2) is 40.6 Å². The third-order valence-corrected chi connectivity index (χ3v) is 7.83. The number of hydrogen-bond donors (Lipinski definition) is 2. The highest BCUT2D eigenvalue weighted by Crippen LogP contribution is 2.44. The van der Waals surface area contributed by atoms with Crippen LogP contribution in [0.2, 0.25) is 0 Å². The first kappa shape index (κ1) is 26.0. The average molecular weight is 545 g/mol. The van der Waals surface area contributed by atoms with Crippen LogP contribution in [0.4, 0.5) is 0 Å². The molecule has 0 unspecified atom stereocenters. The molecule has 0 saturated carbocycles. The monoisotopic (exact) mass is 544 g/mol. The molecule has 2 aliphatic heterocycles. The first-order chi connectivity index (χ1) is 19.2. The van der Waals surface area contributed by atoms with Gasteiger partial charge >= 0.3 is 0 Å². The van der Waals surface area contributed by atoms with Gasteiger partial charge in [-0.1, -0.05) is 5.16 Å². The molecule has 2 aliphatic rings. The highest BCUT2D eigenvalue weighted by atomic mass is 16.5. The van der Waals surface area contributed by atoms with Gasteiger partial charge < -0.3 is 33.7 Å². The third kappa shape index (κ3) is 4.39. The number of ether oxygens (including phenoxy) is 2. The lowest BCUT2D eigenvalue weighted by Gasteiger charge is -2.32. The number of carbonyl (C=O) groups is 1. The zero-order valence-electron chi connectivity index (χ0n) is 23.0. The fraction of sp³-hybridized carbons (Fsp3) is 0.333. The summed E-state index contributed by atoms with van der Waals surface area (Å²) in [6, 6.07) is 8.36. The minimum atomic E-state index is -0.460. The van der Waals surface area contributed by atoms with E-state index in [1.165, 1.54) is 6.07 Å². The number of aryl methyl sites for hydroxylation is 2. The fourth-order valence-corrected chi connectivity index (χ4v) is 5.68. The van der Waals surface area contributed by atoms with Gasteiger partial charge in [-0.15, -0.1) is 0 Å². The summed E-state index contributed by atoms with van der Waals surface area (Å²) in [6.07, 6.45) is 1.70. The molecule has 0 radical (unpaired) electrons. The molecule has 0 amide bonds. The van der Waals surface area contributed by atoms with Gasteiger partial charge in [-0.25, -0.2) is 0 Å². The standard InChI is InChI=1S/C30H32N4O6/c1-17-27(18(2)40-31-17)29-22(16-26-30(37)28-24(36)13-19(35)14-25(28)39-26)21-15-20(38-4)5-6-23(21)34(29)12-11-33-9-7-32(3)8-10-33/h5-6,13-16,35-36H,7-12H2,1-4H3/b26-16-. The molecule has 6 rings (SSSR count). The van der Waals surface area contributed by atoms with E-state index >= 15 is 0 Å².